The Hall–Kier alpha value is -3.06. The van der Waals surface area contributed by atoms with Crippen molar-refractivity contribution < 1.29 is 9.90 Å². The van der Waals surface area contributed by atoms with Gasteiger partial charge in [-0.05, 0) is 72.5 Å². The van der Waals surface area contributed by atoms with Gasteiger partial charge in [-0.2, -0.15) is 0 Å². The number of benzene rings is 2. The van der Waals surface area contributed by atoms with Crippen LogP contribution in [0.25, 0.3) is 11.1 Å². The summed E-state index contributed by atoms with van der Waals surface area (Å²) in [6, 6.07) is 21.4. The first kappa shape index (κ1) is 24.6. The molecule has 1 aromatic heterocycles. The van der Waals surface area contributed by atoms with Crippen LogP contribution in [0.3, 0.4) is 0 Å². The summed E-state index contributed by atoms with van der Waals surface area (Å²) in [6.07, 6.45) is 6.09. The van der Waals surface area contributed by atoms with Gasteiger partial charge in [-0.3, -0.25) is 19.6 Å². The van der Waals surface area contributed by atoms with Gasteiger partial charge in [-0.1, -0.05) is 36.4 Å². The van der Waals surface area contributed by atoms with E-state index in [1.807, 2.05) is 36.7 Å². The predicted octanol–water partition coefficient (Wildman–Crippen LogP) is 3.88. The van der Waals surface area contributed by atoms with Crippen LogP contribution in [0.4, 0.5) is 0 Å². The van der Waals surface area contributed by atoms with Gasteiger partial charge in [0.1, 0.15) is 0 Å². The van der Waals surface area contributed by atoms with Crippen molar-refractivity contribution in [3.8, 4) is 11.1 Å². The third-order valence-electron chi connectivity index (χ3n) is 7.78. The molecule has 6 heteroatoms. The van der Waals surface area contributed by atoms with Gasteiger partial charge in [-0.25, -0.2) is 0 Å². The smallest absolute Gasteiger partial charge is 0.253 e. The molecule has 2 aliphatic rings. The summed E-state index contributed by atoms with van der Waals surface area (Å²) in [5.41, 5.74) is 5.52. The van der Waals surface area contributed by atoms with Gasteiger partial charge in [0.25, 0.3) is 5.91 Å². The van der Waals surface area contributed by atoms with Crippen molar-refractivity contribution in [1.82, 2.24) is 19.7 Å². The Balaban J connectivity index is 1.33. The molecule has 36 heavy (non-hydrogen) atoms. The van der Waals surface area contributed by atoms with Crippen LogP contribution in [0, 0.1) is 0 Å². The Bertz CT molecular complexity index is 1150. The maximum absolute atomic E-state index is 12.2. The van der Waals surface area contributed by atoms with Gasteiger partial charge in [0.15, 0.2) is 0 Å². The molecule has 5 rings (SSSR count). The fraction of sp³-hybridized carbons (Fsp3) is 0.400. The van der Waals surface area contributed by atoms with E-state index in [0.717, 1.165) is 43.7 Å². The van der Waals surface area contributed by atoms with Crippen LogP contribution in [0.5, 0.6) is 0 Å². The van der Waals surface area contributed by atoms with Crippen molar-refractivity contribution in [2.45, 2.75) is 37.4 Å². The quantitative estimate of drug-likeness (QED) is 0.576. The molecule has 2 fully saturated rings. The first-order valence-corrected chi connectivity index (χ1v) is 12.9. The van der Waals surface area contributed by atoms with Crippen LogP contribution in [-0.2, 0) is 6.54 Å². The number of hydrogen-bond acceptors (Lipinski definition) is 5. The molecular weight excluding hydrogens is 448 g/mol. The number of carbonyl (C=O) groups is 1. The van der Waals surface area contributed by atoms with E-state index in [1.165, 1.54) is 17.5 Å². The summed E-state index contributed by atoms with van der Waals surface area (Å²) in [7, 11) is 3.54. The highest BCUT2D eigenvalue weighted by Crippen LogP contribution is 2.42. The third-order valence-corrected chi connectivity index (χ3v) is 7.78. The first-order valence-electron chi connectivity index (χ1n) is 12.9. The Morgan fingerprint density at radius 2 is 1.58 bits per heavy atom. The third kappa shape index (κ3) is 5.07. The van der Waals surface area contributed by atoms with Crippen molar-refractivity contribution >= 4 is 5.91 Å². The lowest BCUT2D eigenvalue weighted by Gasteiger charge is -2.57. The number of fused-ring (bicyclic) bond motifs is 1. The normalized spacial score (nSPS) is 22.7. The number of pyridine rings is 1. The molecular formula is C30H36N4O2. The van der Waals surface area contributed by atoms with Crippen LogP contribution in [0.1, 0.15) is 40.2 Å². The minimum atomic E-state index is 0.0126. The Morgan fingerprint density at radius 1 is 0.944 bits per heavy atom. The topological polar surface area (TPSA) is 59.9 Å². The van der Waals surface area contributed by atoms with Crippen molar-refractivity contribution in [3.63, 3.8) is 0 Å². The van der Waals surface area contributed by atoms with E-state index in [-0.39, 0.29) is 18.6 Å². The largest absolute Gasteiger partial charge is 0.395 e. The molecule has 0 radical (unpaired) electrons. The van der Waals surface area contributed by atoms with Gasteiger partial charge in [-0.15, -0.1) is 0 Å². The molecule has 3 atom stereocenters. The average molecular weight is 485 g/mol. The number of hydrogen-bond donors (Lipinski definition) is 1. The summed E-state index contributed by atoms with van der Waals surface area (Å²) < 4.78 is 0. The van der Waals surface area contributed by atoms with Crippen LogP contribution in [-0.4, -0.2) is 83.1 Å². The van der Waals surface area contributed by atoms with Gasteiger partial charge in [0.05, 0.1) is 6.61 Å². The summed E-state index contributed by atoms with van der Waals surface area (Å²) in [5, 5.41) is 10.3. The predicted molar refractivity (Wildman–Crippen MR) is 143 cm³/mol. The number of carbonyl (C=O) groups excluding carboxylic acids is 1. The summed E-state index contributed by atoms with van der Waals surface area (Å²) in [4.78, 5) is 23.0. The number of nitrogens with zero attached hydrogens (tertiary/aromatic N) is 4. The van der Waals surface area contributed by atoms with Gasteiger partial charge in [0, 0.05) is 63.1 Å². The van der Waals surface area contributed by atoms with Crippen molar-refractivity contribution in [2.24, 2.45) is 0 Å². The first-order chi connectivity index (χ1) is 17.5. The van der Waals surface area contributed by atoms with E-state index >= 15 is 0 Å². The zero-order chi connectivity index (χ0) is 25.1. The number of aliphatic hydroxyl groups excluding tert-OH is 1. The second-order valence-electron chi connectivity index (χ2n) is 10.3. The lowest BCUT2D eigenvalue weighted by Crippen LogP contribution is -2.67. The maximum atomic E-state index is 12.2. The fourth-order valence-corrected chi connectivity index (χ4v) is 5.86. The second-order valence-corrected chi connectivity index (χ2v) is 10.3. The van der Waals surface area contributed by atoms with E-state index in [9.17, 15) is 9.90 Å². The summed E-state index contributed by atoms with van der Waals surface area (Å²) in [6.45, 7) is 4.30. The van der Waals surface area contributed by atoms with E-state index in [0.29, 0.717) is 17.5 Å². The molecule has 2 aromatic carbocycles. The van der Waals surface area contributed by atoms with Gasteiger partial charge in [0.2, 0.25) is 0 Å². The van der Waals surface area contributed by atoms with Gasteiger partial charge < -0.3 is 10.0 Å². The van der Waals surface area contributed by atoms with Gasteiger partial charge >= 0.3 is 0 Å². The second kappa shape index (κ2) is 10.9. The minimum Gasteiger partial charge on any atom is -0.395 e. The van der Waals surface area contributed by atoms with Crippen molar-refractivity contribution in [2.75, 3.05) is 40.3 Å². The Morgan fingerprint density at radius 3 is 2.22 bits per heavy atom. The maximum Gasteiger partial charge on any atom is 0.253 e. The molecule has 3 heterocycles. The SMILES string of the molecule is CN(C)C(=O)c1ccc(-c2ccc([C@@H]3[C@@H](CO)N4CCCCN(Cc5ccncc5)C[C@@H]34)cc2)cc1. The van der Waals surface area contributed by atoms with Crippen LogP contribution in [0.2, 0.25) is 0 Å². The van der Waals surface area contributed by atoms with Crippen molar-refractivity contribution in [1.29, 1.82) is 0 Å². The van der Waals surface area contributed by atoms with Crippen LogP contribution >= 0.6 is 0 Å². The van der Waals surface area contributed by atoms with Crippen LogP contribution < -0.4 is 0 Å². The average Bonchev–Trinajstić information content (AvgIpc) is 2.89. The highest BCUT2D eigenvalue weighted by atomic mass is 16.3. The number of aromatic nitrogens is 1. The number of rotatable bonds is 6. The highest BCUT2D eigenvalue weighted by Gasteiger charge is 2.49. The molecule has 6 nitrogen and oxygen atoms in total. The molecule has 2 aliphatic heterocycles. The lowest BCUT2D eigenvalue weighted by atomic mass is 9.74. The zero-order valence-corrected chi connectivity index (χ0v) is 21.3. The van der Waals surface area contributed by atoms with E-state index in [2.05, 4.69) is 51.2 Å². The number of aliphatic hydroxyl groups is 1. The molecule has 0 saturated carbocycles. The van der Waals surface area contributed by atoms with E-state index < -0.39 is 0 Å². The molecule has 3 aromatic rings. The summed E-state index contributed by atoms with van der Waals surface area (Å²) >= 11 is 0. The monoisotopic (exact) mass is 484 g/mol. The molecule has 0 aliphatic carbocycles. The Labute approximate surface area is 214 Å². The molecule has 0 unspecified atom stereocenters. The highest BCUT2D eigenvalue weighted by molar-refractivity contribution is 5.94. The fourth-order valence-electron chi connectivity index (χ4n) is 5.86. The molecule has 0 spiro atoms. The zero-order valence-electron chi connectivity index (χ0n) is 21.3. The van der Waals surface area contributed by atoms with E-state index in [4.69, 9.17) is 0 Å². The molecule has 1 amide bonds. The molecule has 1 N–H and O–H groups in total. The minimum absolute atomic E-state index is 0.0126. The summed E-state index contributed by atoms with van der Waals surface area (Å²) in [5.74, 6) is 0.334. The van der Waals surface area contributed by atoms with Crippen LogP contribution in [0.15, 0.2) is 73.1 Å². The van der Waals surface area contributed by atoms with E-state index in [1.54, 1.807) is 19.0 Å². The standard InChI is InChI=1S/C30H36N4O2/c1-32(2)30(36)26-11-7-24(8-12-26)23-5-9-25(10-6-23)29-27-20-33(19-22-13-15-31-16-14-22)17-3-4-18-34(27)28(29)21-35/h5-16,27-29,35H,3-4,17-21H2,1-2H3/t27-,28+,29-/m0/s1. The number of amides is 1. The molecule has 2 saturated heterocycles. The molecule has 188 valence electrons. The lowest BCUT2D eigenvalue weighted by molar-refractivity contribution is -0.0655. The molecule has 0 bridgehead atoms. The Kier molecular flexibility index (Phi) is 7.46. The van der Waals surface area contributed by atoms with Crippen molar-refractivity contribution in [3.05, 3.63) is 89.7 Å².